The van der Waals surface area contributed by atoms with Crippen LogP contribution >= 0.6 is 0 Å². The van der Waals surface area contributed by atoms with Gasteiger partial charge in [0.25, 0.3) is 0 Å². The molecule has 1 unspecified atom stereocenters. The van der Waals surface area contributed by atoms with Crippen LogP contribution in [-0.2, 0) is 14.4 Å². The summed E-state index contributed by atoms with van der Waals surface area (Å²) in [4.78, 5) is 40.5. The molecule has 0 aliphatic carbocycles. The van der Waals surface area contributed by atoms with Crippen LogP contribution < -0.4 is 10.6 Å². The number of carbonyl (C=O) groups excluding carboxylic acids is 3. The van der Waals surface area contributed by atoms with E-state index in [-0.39, 0.29) is 24.1 Å². The van der Waals surface area contributed by atoms with E-state index in [0.29, 0.717) is 39.3 Å². The zero-order chi connectivity index (χ0) is 18.5. The number of hydrogen-bond donors (Lipinski definition) is 2. The van der Waals surface area contributed by atoms with Crippen LogP contribution in [0.3, 0.4) is 0 Å². The highest BCUT2D eigenvalue weighted by Gasteiger charge is 2.34. The van der Waals surface area contributed by atoms with Gasteiger partial charge in [0.1, 0.15) is 0 Å². The van der Waals surface area contributed by atoms with Gasteiger partial charge in [-0.15, -0.1) is 6.58 Å². The molecule has 3 rings (SSSR count). The number of nitrogens with one attached hydrogen (secondary N) is 2. The number of para-hydroxylation sites is 1. The number of fused-ring (bicyclic) bond motifs is 1. The van der Waals surface area contributed by atoms with E-state index in [1.54, 1.807) is 11.0 Å². The van der Waals surface area contributed by atoms with E-state index in [2.05, 4.69) is 17.2 Å². The Morgan fingerprint density at radius 1 is 1.23 bits per heavy atom. The fourth-order valence-corrected chi connectivity index (χ4v) is 3.42. The maximum atomic E-state index is 13.0. The molecular weight excluding hydrogens is 332 g/mol. The summed E-state index contributed by atoms with van der Waals surface area (Å²) in [5, 5.41) is 5.58. The first-order valence-electron chi connectivity index (χ1n) is 8.86. The van der Waals surface area contributed by atoms with Gasteiger partial charge >= 0.3 is 0 Å². The molecule has 1 atom stereocenters. The van der Waals surface area contributed by atoms with Crippen molar-refractivity contribution in [2.24, 2.45) is 0 Å². The van der Waals surface area contributed by atoms with E-state index >= 15 is 0 Å². The number of nitrogens with zero attached hydrogens (tertiary/aromatic N) is 2. The molecule has 1 aromatic rings. The van der Waals surface area contributed by atoms with Crippen LogP contribution in [-0.4, -0.2) is 66.8 Å². The number of piperazine rings is 1. The molecular formula is C19H24N4O3. The van der Waals surface area contributed by atoms with Gasteiger partial charge in [0.05, 0.1) is 12.5 Å². The molecule has 2 heterocycles. The molecule has 0 radical (unpaired) electrons. The lowest BCUT2D eigenvalue weighted by Crippen LogP contribution is -2.52. The van der Waals surface area contributed by atoms with Crippen LogP contribution in [0, 0.1) is 0 Å². The summed E-state index contributed by atoms with van der Waals surface area (Å²) >= 11 is 0. The second kappa shape index (κ2) is 8.14. The zero-order valence-electron chi connectivity index (χ0n) is 14.7. The van der Waals surface area contributed by atoms with Crippen LogP contribution in [0.5, 0.6) is 0 Å². The van der Waals surface area contributed by atoms with Crippen molar-refractivity contribution in [3.8, 4) is 0 Å². The van der Waals surface area contributed by atoms with Crippen molar-refractivity contribution in [2.45, 2.75) is 12.3 Å². The normalized spacial score (nSPS) is 20.1. The summed E-state index contributed by atoms with van der Waals surface area (Å²) in [6, 6.07) is 7.46. The first-order valence-corrected chi connectivity index (χ1v) is 8.86. The van der Waals surface area contributed by atoms with Gasteiger partial charge in [-0.1, -0.05) is 24.3 Å². The molecule has 0 bridgehead atoms. The minimum absolute atomic E-state index is 0.0111. The molecule has 138 valence electrons. The Morgan fingerprint density at radius 2 is 1.96 bits per heavy atom. The minimum Gasteiger partial charge on any atom is -0.352 e. The van der Waals surface area contributed by atoms with Gasteiger partial charge in [-0.25, -0.2) is 0 Å². The van der Waals surface area contributed by atoms with Gasteiger partial charge in [0.2, 0.25) is 17.7 Å². The number of rotatable bonds is 5. The summed E-state index contributed by atoms with van der Waals surface area (Å²) in [5.74, 6) is -0.604. The first-order chi connectivity index (χ1) is 12.6. The quantitative estimate of drug-likeness (QED) is 0.756. The van der Waals surface area contributed by atoms with Crippen molar-refractivity contribution in [1.82, 2.24) is 15.1 Å². The predicted molar refractivity (Wildman–Crippen MR) is 98.7 cm³/mol. The van der Waals surface area contributed by atoms with Crippen LogP contribution in [0.25, 0.3) is 0 Å². The van der Waals surface area contributed by atoms with Gasteiger partial charge in [-0.05, 0) is 11.6 Å². The summed E-state index contributed by atoms with van der Waals surface area (Å²) in [6.45, 7) is 6.78. The lowest BCUT2D eigenvalue weighted by atomic mass is 9.89. The smallest absolute Gasteiger partial charge is 0.234 e. The third-order valence-corrected chi connectivity index (χ3v) is 4.79. The summed E-state index contributed by atoms with van der Waals surface area (Å²) < 4.78 is 0. The Labute approximate surface area is 153 Å². The van der Waals surface area contributed by atoms with Crippen LogP contribution in [0.2, 0.25) is 0 Å². The largest absolute Gasteiger partial charge is 0.352 e. The zero-order valence-corrected chi connectivity index (χ0v) is 14.7. The van der Waals surface area contributed by atoms with Crippen LogP contribution in [0.4, 0.5) is 5.69 Å². The maximum absolute atomic E-state index is 13.0. The lowest BCUT2D eigenvalue weighted by molar-refractivity contribution is -0.136. The van der Waals surface area contributed by atoms with E-state index in [9.17, 15) is 14.4 Å². The Balaban J connectivity index is 1.58. The van der Waals surface area contributed by atoms with Crippen molar-refractivity contribution in [2.75, 3.05) is 44.6 Å². The molecule has 0 spiro atoms. The van der Waals surface area contributed by atoms with Crippen LogP contribution in [0.15, 0.2) is 36.9 Å². The summed E-state index contributed by atoms with van der Waals surface area (Å²) in [6.07, 6.45) is 1.83. The summed E-state index contributed by atoms with van der Waals surface area (Å²) in [7, 11) is 0. The van der Waals surface area contributed by atoms with Crippen molar-refractivity contribution >= 4 is 23.4 Å². The maximum Gasteiger partial charge on any atom is 0.234 e. The average Bonchev–Trinajstić information content (AvgIpc) is 2.65. The fourth-order valence-electron chi connectivity index (χ4n) is 3.42. The molecule has 2 N–H and O–H groups in total. The highest BCUT2D eigenvalue weighted by molar-refractivity contribution is 6.01. The van der Waals surface area contributed by atoms with Gasteiger partial charge in [-0.2, -0.15) is 0 Å². The molecule has 26 heavy (non-hydrogen) atoms. The molecule has 0 saturated carbocycles. The molecule has 1 saturated heterocycles. The SMILES string of the molecule is C=CCNC(=O)CN1CCN(C(=O)C2CC(=O)Nc3ccccc32)CC1. The van der Waals surface area contributed by atoms with E-state index in [0.717, 1.165) is 11.3 Å². The van der Waals surface area contributed by atoms with Crippen molar-refractivity contribution < 1.29 is 14.4 Å². The standard InChI is InChI=1S/C19H24N4O3/c1-2-7-20-18(25)13-22-8-10-23(11-9-22)19(26)15-12-17(24)21-16-6-4-3-5-14(15)16/h2-6,15H,1,7-13H2,(H,20,25)(H,21,24). The third-order valence-electron chi connectivity index (χ3n) is 4.79. The number of carbonyl (C=O) groups is 3. The van der Waals surface area contributed by atoms with Gasteiger partial charge in [-0.3, -0.25) is 19.3 Å². The predicted octanol–water partition coefficient (Wildman–Crippen LogP) is 0.559. The Morgan fingerprint density at radius 3 is 2.69 bits per heavy atom. The number of amides is 3. The van der Waals surface area contributed by atoms with Gasteiger partial charge < -0.3 is 15.5 Å². The minimum atomic E-state index is -0.428. The molecule has 2 aliphatic rings. The monoisotopic (exact) mass is 356 g/mol. The molecule has 7 heteroatoms. The third kappa shape index (κ3) is 4.11. The number of anilines is 1. The van der Waals surface area contributed by atoms with E-state index in [1.807, 2.05) is 29.2 Å². The Kier molecular flexibility index (Phi) is 5.68. The molecule has 0 aromatic heterocycles. The second-order valence-corrected chi connectivity index (χ2v) is 6.59. The van der Waals surface area contributed by atoms with Crippen molar-refractivity contribution in [3.05, 3.63) is 42.5 Å². The van der Waals surface area contributed by atoms with Crippen molar-refractivity contribution in [1.29, 1.82) is 0 Å². The Hall–Kier alpha value is -2.67. The molecule has 1 fully saturated rings. The van der Waals surface area contributed by atoms with E-state index in [1.165, 1.54) is 0 Å². The lowest BCUT2D eigenvalue weighted by Gasteiger charge is -2.37. The fraction of sp³-hybridized carbons (Fsp3) is 0.421. The topological polar surface area (TPSA) is 81.8 Å². The first kappa shape index (κ1) is 18.1. The number of hydrogen-bond acceptors (Lipinski definition) is 4. The summed E-state index contributed by atoms with van der Waals surface area (Å²) in [5.41, 5.74) is 1.60. The van der Waals surface area contributed by atoms with E-state index in [4.69, 9.17) is 0 Å². The highest BCUT2D eigenvalue weighted by Crippen LogP contribution is 2.33. The molecule has 2 aliphatic heterocycles. The molecule has 1 aromatic carbocycles. The highest BCUT2D eigenvalue weighted by atomic mass is 16.2. The molecule has 7 nitrogen and oxygen atoms in total. The number of benzene rings is 1. The van der Waals surface area contributed by atoms with Crippen LogP contribution in [0.1, 0.15) is 17.9 Å². The average molecular weight is 356 g/mol. The molecule has 3 amide bonds. The Bertz CT molecular complexity index is 710. The van der Waals surface area contributed by atoms with Gasteiger partial charge in [0.15, 0.2) is 0 Å². The van der Waals surface area contributed by atoms with E-state index < -0.39 is 5.92 Å². The second-order valence-electron chi connectivity index (χ2n) is 6.59. The van der Waals surface area contributed by atoms with Gasteiger partial charge in [0, 0.05) is 44.8 Å². The van der Waals surface area contributed by atoms with Crippen molar-refractivity contribution in [3.63, 3.8) is 0 Å².